The minimum atomic E-state index is -0.857. The number of carbonyl (C=O) groups is 1. The first-order valence-electron chi connectivity index (χ1n) is 6.53. The summed E-state index contributed by atoms with van der Waals surface area (Å²) in [7, 11) is 0. The second-order valence-corrected chi connectivity index (χ2v) is 5.24. The van der Waals surface area contributed by atoms with Gasteiger partial charge in [-0.25, -0.2) is 0 Å². The van der Waals surface area contributed by atoms with Crippen LogP contribution in [0.3, 0.4) is 0 Å². The molecule has 2 aromatic rings. The molecule has 0 bridgehead atoms. The summed E-state index contributed by atoms with van der Waals surface area (Å²) in [5.41, 5.74) is 3.50. The van der Waals surface area contributed by atoms with Crippen molar-refractivity contribution >= 4 is 17.7 Å². The molecule has 0 fully saturated rings. The summed E-state index contributed by atoms with van der Waals surface area (Å²) in [5.74, 6) is -0.877. The molecule has 5 nitrogen and oxygen atoms in total. The highest BCUT2D eigenvalue weighted by Crippen LogP contribution is 2.26. The van der Waals surface area contributed by atoms with Crippen molar-refractivity contribution in [3.63, 3.8) is 0 Å². The molecule has 0 saturated heterocycles. The molecule has 1 aromatic carbocycles. The van der Waals surface area contributed by atoms with Gasteiger partial charge in [-0.2, -0.15) is 0 Å². The Kier molecular flexibility index (Phi) is 4.79. The Hall–Kier alpha value is -1.82. The number of thioether (sulfide) groups is 1. The van der Waals surface area contributed by atoms with Gasteiger partial charge in [0.25, 0.3) is 0 Å². The van der Waals surface area contributed by atoms with Crippen molar-refractivity contribution in [1.29, 1.82) is 0 Å². The smallest absolute Gasteiger partial charge is 0.313 e. The first kappa shape index (κ1) is 14.6. The van der Waals surface area contributed by atoms with E-state index in [0.29, 0.717) is 5.16 Å². The number of rotatable bonds is 6. The van der Waals surface area contributed by atoms with Crippen molar-refractivity contribution in [2.45, 2.75) is 31.8 Å². The standard InChI is InChI=1S/C14H17N3O2S/c1-3-10-6-5-7-11(4-2)13(10)17-9-15-16-14(17)20-8-12(18)19/h5-7,9H,3-4,8H2,1-2H3,(H,18,19). The number of carboxylic acid groups (broad SMARTS) is 1. The van der Waals surface area contributed by atoms with E-state index < -0.39 is 5.97 Å². The van der Waals surface area contributed by atoms with E-state index in [2.05, 4.69) is 42.2 Å². The summed E-state index contributed by atoms with van der Waals surface area (Å²) < 4.78 is 1.89. The number of para-hydroxylation sites is 1. The van der Waals surface area contributed by atoms with Gasteiger partial charge in [-0.3, -0.25) is 9.36 Å². The van der Waals surface area contributed by atoms with E-state index in [1.165, 1.54) is 22.9 Å². The lowest BCUT2D eigenvalue weighted by molar-refractivity contribution is -0.133. The number of carboxylic acids is 1. The van der Waals surface area contributed by atoms with Crippen molar-refractivity contribution in [1.82, 2.24) is 14.8 Å². The molecule has 0 aliphatic rings. The largest absolute Gasteiger partial charge is 0.481 e. The van der Waals surface area contributed by atoms with Crippen LogP contribution in [0.2, 0.25) is 0 Å². The number of hydrogen-bond acceptors (Lipinski definition) is 4. The van der Waals surface area contributed by atoms with Crippen molar-refractivity contribution in [2.24, 2.45) is 0 Å². The fourth-order valence-electron chi connectivity index (χ4n) is 2.13. The van der Waals surface area contributed by atoms with Crippen LogP contribution in [-0.2, 0) is 17.6 Å². The molecule has 6 heteroatoms. The fraction of sp³-hybridized carbons (Fsp3) is 0.357. The normalized spacial score (nSPS) is 10.7. The van der Waals surface area contributed by atoms with Crippen molar-refractivity contribution in [2.75, 3.05) is 5.75 Å². The summed E-state index contributed by atoms with van der Waals surface area (Å²) in [6.45, 7) is 4.21. The van der Waals surface area contributed by atoms with Gasteiger partial charge in [0.05, 0.1) is 11.4 Å². The van der Waals surface area contributed by atoms with Crippen LogP contribution in [-0.4, -0.2) is 31.6 Å². The third-order valence-electron chi connectivity index (χ3n) is 3.05. The predicted octanol–water partition coefficient (Wildman–Crippen LogP) is 2.57. The van der Waals surface area contributed by atoms with Gasteiger partial charge in [-0.05, 0) is 24.0 Å². The van der Waals surface area contributed by atoms with Crippen molar-refractivity contribution in [3.8, 4) is 5.69 Å². The Morgan fingerprint density at radius 1 is 1.30 bits per heavy atom. The van der Waals surface area contributed by atoms with Crippen LogP contribution in [0.5, 0.6) is 0 Å². The predicted molar refractivity (Wildman–Crippen MR) is 78.5 cm³/mol. The first-order chi connectivity index (χ1) is 9.67. The van der Waals surface area contributed by atoms with Gasteiger partial charge in [0.15, 0.2) is 5.16 Å². The summed E-state index contributed by atoms with van der Waals surface area (Å²) in [5, 5.41) is 17.4. The molecule has 0 spiro atoms. The van der Waals surface area contributed by atoms with Gasteiger partial charge in [0, 0.05) is 0 Å². The second-order valence-electron chi connectivity index (χ2n) is 4.30. The summed E-state index contributed by atoms with van der Waals surface area (Å²) >= 11 is 1.18. The molecule has 1 heterocycles. The molecule has 1 N–H and O–H groups in total. The Labute approximate surface area is 122 Å². The lowest BCUT2D eigenvalue weighted by Crippen LogP contribution is -2.06. The SMILES string of the molecule is CCc1cccc(CC)c1-n1cnnc1SCC(=O)O. The monoisotopic (exact) mass is 291 g/mol. The van der Waals surface area contributed by atoms with Gasteiger partial charge in [-0.15, -0.1) is 10.2 Å². The zero-order valence-electron chi connectivity index (χ0n) is 11.5. The van der Waals surface area contributed by atoms with E-state index in [1.54, 1.807) is 6.33 Å². The minimum Gasteiger partial charge on any atom is -0.481 e. The molecule has 20 heavy (non-hydrogen) atoms. The minimum absolute atomic E-state index is 0.0194. The highest BCUT2D eigenvalue weighted by molar-refractivity contribution is 7.99. The third-order valence-corrected chi connectivity index (χ3v) is 3.97. The molecule has 0 aliphatic heterocycles. The number of hydrogen-bond donors (Lipinski definition) is 1. The van der Waals surface area contributed by atoms with Crippen LogP contribution < -0.4 is 0 Å². The Morgan fingerprint density at radius 2 is 1.95 bits per heavy atom. The van der Waals surface area contributed by atoms with Crippen LogP contribution in [0.25, 0.3) is 5.69 Å². The van der Waals surface area contributed by atoms with Gasteiger partial charge >= 0.3 is 5.97 Å². The van der Waals surface area contributed by atoms with Gasteiger partial charge < -0.3 is 5.11 Å². The molecule has 0 saturated carbocycles. The number of aryl methyl sites for hydroxylation is 2. The molecule has 0 aliphatic carbocycles. The molecular weight excluding hydrogens is 274 g/mol. The number of nitrogens with zero attached hydrogens (tertiary/aromatic N) is 3. The lowest BCUT2D eigenvalue weighted by atomic mass is 10.0. The van der Waals surface area contributed by atoms with Crippen LogP contribution in [0, 0.1) is 0 Å². The molecule has 106 valence electrons. The lowest BCUT2D eigenvalue weighted by Gasteiger charge is -2.15. The van der Waals surface area contributed by atoms with Crippen molar-refractivity contribution < 1.29 is 9.90 Å². The van der Waals surface area contributed by atoms with Gasteiger partial charge in [0.2, 0.25) is 0 Å². The van der Waals surface area contributed by atoms with E-state index in [4.69, 9.17) is 5.11 Å². The van der Waals surface area contributed by atoms with Crippen LogP contribution in [0.15, 0.2) is 29.7 Å². The van der Waals surface area contributed by atoms with Crippen molar-refractivity contribution in [3.05, 3.63) is 35.7 Å². The van der Waals surface area contributed by atoms with Crippen LogP contribution >= 0.6 is 11.8 Å². The third kappa shape index (κ3) is 3.01. The summed E-state index contributed by atoms with van der Waals surface area (Å²) in [6.07, 6.45) is 3.46. The topological polar surface area (TPSA) is 68.0 Å². The maximum Gasteiger partial charge on any atom is 0.313 e. The van der Waals surface area contributed by atoms with E-state index in [-0.39, 0.29) is 5.75 Å². The maximum absolute atomic E-state index is 10.7. The van der Waals surface area contributed by atoms with E-state index in [1.807, 2.05) is 4.57 Å². The van der Waals surface area contributed by atoms with Crippen LogP contribution in [0.1, 0.15) is 25.0 Å². The fourth-order valence-corrected chi connectivity index (χ4v) is 2.76. The Bertz CT molecular complexity index is 588. The highest BCUT2D eigenvalue weighted by atomic mass is 32.2. The molecule has 0 amide bonds. The van der Waals surface area contributed by atoms with Crippen LogP contribution in [0.4, 0.5) is 0 Å². The van der Waals surface area contributed by atoms with E-state index in [9.17, 15) is 4.79 Å². The Morgan fingerprint density at radius 3 is 2.50 bits per heavy atom. The van der Waals surface area contributed by atoms with Gasteiger partial charge in [0.1, 0.15) is 6.33 Å². The molecular formula is C14H17N3O2S. The molecule has 0 unspecified atom stereocenters. The molecule has 0 radical (unpaired) electrons. The van der Waals surface area contributed by atoms with E-state index >= 15 is 0 Å². The molecule has 2 rings (SSSR count). The molecule has 1 aromatic heterocycles. The van der Waals surface area contributed by atoms with Gasteiger partial charge in [-0.1, -0.05) is 43.8 Å². The maximum atomic E-state index is 10.7. The first-order valence-corrected chi connectivity index (χ1v) is 7.51. The number of aliphatic carboxylic acids is 1. The number of benzene rings is 1. The zero-order chi connectivity index (χ0) is 14.5. The molecule has 0 atom stereocenters. The number of aromatic nitrogens is 3. The average molecular weight is 291 g/mol. The zero-order valence-corrected chi connectivity index (χ0v) is 12.4. The quantitative estimate of drug-likeness (QED) is 0.828. The highest BCUT2D eigenvalue weighted by Gasteiger charge is 2.14. The van der Waals surface area contributed by atoms with E-state index in [0.717, 1.165) is 18.5 Å². The summed E-state index contributed by atoms with van der Waals surface area (Å²) in [4.78, 5) is 10.7. The Balaban J connectivity index is 2.46. The average Bonchev–Trinajstić information content (AvgIpc) is 2.92. The summed E-state index contributed by atoms with van der Waals surface area (Å²) in [6, 6.07) is 6.22. The second kappa shape index (κ2) is 6.56.